The lowest BCUT2D eigenvalue weighted by Crippen LogP contribution is -2.35. The van der Waals surface area contributed by atoms with Crippen molar-refractivity contribution in [2.24, 2.45) is 0 Å². The predicted octanol–water partition coefficient (Wildman–Crippen LogP) is 2.77. The molecule has 0 spiro atoms. The number of nitrogens with zero attached hydrogens (tertiary/aromatic N) is 2. The quantitative estimate of drug-likeness (QED) is 0.903. The van der Waals surface area contributed by atoms with Gasteiger partial charge in [-0.15, -0.1) is 0 Å². The first-order valence-electron chi connectivity index (χ1n) is 5.94. The highest BCUT2D eigenvalue weighted by atomic mass is 19.1. The van der Waals surface area contributed by atoms with Gasteiger partial charge in [-0.2, -0.15) is 0 Å². The molecule has 0 saturated carbocycles. The van der Waals surface area contributed by atoms with Crippen LogP contribution >= 0.6 is 0 Å². The fraction of sp³-hybridized carbons (Fsp3) is 0.357. The van der Waals surface area contributed by atoms with Crippen LogP contribution in [0.4, 0.5) is 4.39 Å². The van der Waals surface area contributed by atoms with Crippen molar-refractivity contribution in [3.8, 4) is 5.69 Å². The molecule has 0 aliphatic rings. The van der Waals surface area contributed by atoms with Gasteiger partial charge in [0.1, 0.15) is 5.82 Å². The summed E-state index contributed by atoms with van der Waals surface area (Å²) in [5, 5.41) is 3.20. The Bertz CT molecular complexity index is 558. The van der Waals surface area contributed by atoms with Crippen molar-refractivity contribution in [3.05, 3.63) is 47.8 Å². The zero-order valence-electron chi connectivity index (χ0n) is 11.2. The monoisotopic (exact) mass is 247 g/mol. The lowest BCUT2D eigenvalue weighted by Gasteiger charge is -2.25. The molecule has 0 radical (unpaired) electrons. The van der Waals surface area contributed by atoms with E-state index in [0.717, 1.165) is 11.3 Å². The minimum atomic E-state index is -0.270. The van der Waals surface area contributed by atoms with E-state index in [4.69, 9.17) is 0 Å². The van der Waals surface area contributed by atoms with Gasteiger partial charge in [-0.25, -0.2) is 9.37 Å². The molecule has 96 valence electrons. The Hall–Kier alpha value is -1.68. The number of benzene rings is 1. The van der Waals surface area contributed by atoms with Gasteiger partial charge in [0.25, 0.3) is 0 Å². The molecule has 0 unspecified atom stereocenters. The van der Waals surface area contributed by atoms with Gasteiger partial charge in [0, 0.05) is 0 Å². The average Bonchev–Trinajstić information content (AvgIpc) is 2.78. The van der Waals surface area contributed by atoms with Crippen LogP contribution in [-0.4, -0.2) is 16.6 Å². The number of hydrogen-bond acceptors (Lipinski definition) is 2. The predicted molar refractivity (Wildman–Crippen MR) is 70.3 cm³/mol. The zero-order valence-corrected chi connectivity index (χ0v) is 11.2. The maximum absolute atomic E-state index is 14.0. The molecule has 1 heterocycles. The SMILES string of the molecule is CNC(C)(C)c1cncn1-c1ccc(C)cc1F. The highest BCUT2D eigenvalue weighted by molar-refractivity contribution is 5.38. The summed E-state index contributed by atoms with van der Waals surface area (Å²) in [6.07, 6.45) is 3.40. The first-order valence-corrected chi connectivity index (χ1v) is 5.94. The molecule has 0 atom stereocenters. The van der Waals surface area contributed by atoms with Crippen molar-refractivity contribution in [3.63, 3.8) is 0 Å². The molecule has 18 heavy (non-hydrogen) atoms. The fourth-order valence-electron chi connectivity index (χ4n) is 1.88. The summed E-state index contributed by atoms with van der Waals surface area (Å²) in [4.78, 5) is 4.13. The highest BCUT2D eigenvalue weighted by Crippen LogP contribution is 2.24. The van der Waals surface area contributed by atoms with Crippen molar-refractivity contribution >= 4 is 0 Å². The maximum Gasteiger partial charge on any atom is 0.147 e. The summed E-state index contributed by atoms with van der Waals surface area (Å²) in [6, 6.07) is 5.21. The Balaban J connectivity index is 2.56. The van der Waals surface area contributed by atoms with E-state index < -0.39 is 0 Å². The van der Waals surface area contributed by atoms with Crippen LogP contribution in [0.25, 0.3) is 5.69 Å². The molecule has 2 rings (SSSR count). The summed E-state index contributed by atoms with van der Waals surface area (Å²) in [5.41, 5.74) is 2.09. The summed E-state index contributed by atoms with van der Waals surface area (Å²) < 4.78 is 15.8. The van der Waals surface area contributed by atoms with Crippen molar-refractivity contribution < 1.29 is 4.39 Å². The highest BCUT2D eigenvalue weighted by Gasteiger charge is 2.23. The Morgan fingerprint density at radius 3 is 2.67 bits per heavy atom. The van der Waals surface area contributed by atoms with E-state index in [2.05, 4.69) is 10.3 Å². The molecule has 1 aromatic carbocycles. The Morgan fingerprint density at radius 1 is 1.33 bits per heavy atom. The average molecular weight is 247 g/mol. The Morgan fingerprint density at radius 2 is 2.06 bits per heavy atom. The first kappa shape index (κ1) is 12.8. The largest absolute Gasteiger partial charge is 0.310 e. The molecule has 1 N–H and O–H groups in total. The van der Waals surface area contributed by atoms with Gasteiger partial charge in [0.15, 0.2) is 0 Å². The van der Waals surface area contributed by atoms with Crippen molar-refractivity contribution in [2.75, 3.05) is 7.05 Å². The molecule has 1 aromatic heterocycles. The number of aromatic nitrogens is 2. The van der Waals surface area contributed by atoms with Crippen LogP contribution in [-0.2, 0) is 5.54 Å². The molecule has 4 heteroatoms. The van der Waals surface area contributed by atoms with Gasteiger partial charge in [0.05, 0.1) is 29.4 Å². The summed E-state index contributed by atoms with van der Waals surface area (Å²) in [5.74, 6) is -0.235. The second-order valence-electron chi connectivity index (χ2n) is 4.98. The molecule has 0 fully saturated rings. The van der Waals surface area contributed by atoms with E-state index in [-0.39, 0.29) is 11.4 Å². The first-order chi connectivity index (χ1) is 8.45. The van der Waals surface area contributed by atoms with E-state index in [1.165, 1.54) is 6.07 Å². The fourth-order valence-corrected chi connectivity index (χ4v) is 1.88. The van der Waals surface area contributed by atoms with Gasteiger partial charge in [0.2, 0.25) is 0 Å². The van der Waals surface area contributed by atoms with Crippen LogP contribution in [0.15, 0.2) is 30.7 Å². The maximum atomic E-state index is 14.0. The smallest absolute Gasteiger partial charge is 0.147 e. The molecule has 0 bridgehead atoms. The zero-order chi connectivity index (χ0) is 13.3. The van der Waals surface area contributed by atoms with Crippen molar-refractivity contribution in [1.29, 1.82) is 0 Å². The van der Waals surface area contributed by atoms with Crippen LogP contribution in [0.2, 0.25) is 0 Å². The van der Waals surface area contributed by atoms with E-state index in [0.29, 0.717) is 5.69 Å². The topological polar surface area (TPSA) is 29.9 Å². The molecule has 0 aliphatic heterocycles. The normalized spacial score (nSPS) is 11.8. The lowest BCUT2D eigenvalue weighted by atomic mass is 10.0. The van der Waals surface area contributed by atoms with E-state index in [9.17, 15) is 4.39 Å². The van der Waals surface area contributed by atoms with Crippen LogP contribution < -0.4 is 5.32 Å². The molecule has 0 amide bonds. The number of halogens is 1. The number of hydrogen-bond donors (Lipinski definition) is 1. The molecular weight excluding hydrogens is 229 g/mol. The lowest BCUT2D eigenvalue weighted by molar-refractivity contribution is 0.423. The van der Waals surface area contributed by atoms with E-state index >= 15 is 0 Å². The summed E-state index contributed by atoms with van der Waals surface area (Å²) >= 11 is 0. The van der Waals surface area contributed by atoms with Crippen LogP contribution in [0.3, 0.4) is 0 Å². The Labute approximate surface area is 107 Å². The van der Waals surface area contributed by atoms with E-state index in [1.807, 2.05) is 33.9 Å². The molecule has 2 aromatic rings. The Kier molecular flexibility index (Phi) is 3.22. The van der Waals surface area contributed by atoms with Gasteiger partial charge >= 0.3 is 0 Å². The van der Waals surface area contributed by atoms with Crippen molar-refractivity contribution in [1.82, 2.24) is 14.9 Å². The number of imidazole rings is 1. The molecular formula is C14H18FN3. The van der Waals surface area contributed by atoms with Gasteiger partial charge < -0.3 is 5.32 Å². The summed E-state index contributed by atoms with van der Waals surface area (Å²) in [7, 11) is 1.88. The van der Waals surface area contributed by atoms with E-state index in [1.54, 1.807) is 23.2 Å². The number of nitrogens with one attached hydrogen (secondary N) is 1. The van der Waals surface area contributed by atoms with Gasteiger partial charge in [-0.05, 0) is 45.5 Å². The van der Waals surface area contributed by atoms with Crippen LogP contribution in [0.5, 0.6) is 0 Å². The van der Waals surface area contributed by atoms with Crippen molar-refractivity contribution in [2.45, 2.75) is 26.3 Å². The standard InChI is InChI=1S/C14H18FN3/c1-10-5-6-12(11(15)7-10)18-9-17-8-13(18)14(2,3)16-4/h5-9,16H,1-4H3. The molecule has 0 saturated heterocycles. The number of aryl methyl sites for hydroxylation is 1. The minimum Gasteiger partial charge on any atom is -0.310 e. The number of rotatable bonds is 3. The third-order valence-corrected chi connectivity index (χ3v) is 3.27. The van der Waals surface area contributed by atoms with Crippen LogP contribution in [0.1, 0.15) is 25.1 Å². The summed E-state index contributed by atoms with van der Waals surface area (Å²) in [6.45, 7) is 5.94. The molecule has 3 nitrogen and oxygen atoms in total. The van der Waals surface area contributed by atoms with Crippen LogP contribution in [0, 0.1) is 12.7 Å². The third-order valence-electron chi connectivity index (χ3n) is 3.27. The van der Waals surface area contributed by atoms with Gasteiger partial charge in [-0.3, -0.25) is 4.57 Å². The minimum absolute atomic E-state index is 0.235. The van der Waals surface area contributed by atoms with Gasteiger partial charge in [-0.1, -0.05) is 6.07 Å². The molecule has 0 aliphatic carbocycles. The second kappa shape index (κ2) is 4.53. The second-order valence-corrected chi connectivity index (χ2v) is 4.98. The third kappa shape index (κ3) is 2.16.